The lowest BCUT2D eigenvalue weighted by Crippen LogP contribution is -2.59. The fourth-order valence-corrected chi connectivity index (χ4v) is 3.37. The highest BCUT2D eigenvalue weighted by atomic mass is 16.2. The van der Waals surface area contributed by atoms with E-state index in [0.717, 1.165) is 32.2 Å². The largest absolute Gasteiger partial charge is 0.354 e. The molecule has 0 spiro atoms. The number of hydrogen-bond acceptors (Lipinski definition) is 3. The fraction of sp³-hybridized carbons (Fsp3) is 0.929. The molecule has 0 aromatic rings. The van der Waals surface area contributed by atoms with Gasteiger partial charge in [0.15, 0.2) is 0 Å². The number of nitrogens with one attached hydrogen (secondary N) is 1. The number of likely N-dealkylation sites (N-methyl/N-ethyl adjacent to an activating group) is 1. The van der Waals surface area contributed by atoms with Gasteiger partial charge in [0.2, 0.25) is 5.91 Å². The molecule has 0 aliphatic heterocycles. The molecule has 4 heteroatoms. The first kappa shape index (κ1) is 13.8. The number of rotatable bonds is 5. The summed E-state index contributed by atoms with van der Waals surface area (Å²) >= 11 is 0. The van der Waals surface area contributed by atoms with E-state index in [4.69, 9.17) is 5.73 Å². The Morgan fingerprint density at radius 3 is 2.17 bits per heavy atom. The molecule has 0 aromatic carbocycles. The third-order valence-corrected chi connectivity index (χ3v) is 5.24. The molecule has 4 nitrogen and oxygen atoms in total. The lowest BCUT2D eigenvalue weighted by molar-refractivity contribution is -0.131. The second kappa shape index (κ2) is 5.17. The molecule has 18 heavy (non-hydrogen) atoms. The number of hydrogen-bond donors (Lipinski definition) is 2. The number of nitrogens with two attached hydrogens (primary N) is 1. The van der Waals surface area contributed by atoms with Crippen LogP contribution in [0.25, 0.3) is 0 Å². The van der Waals surface area contributed by atoms with E-state index in [1.165, 1.54) is 19.3 Å². The van der Waals surface area contributed by atoms with E-state index in [1.807, 2.05) is 0 Å². The molecule has 1 amide bonds. The fourth-order valence-electron chi connectivity index (χ4n) is 3.37. The molecule has 3 N–H and O–H groups in total. The summed E-state index contributed by atoms with van der Waals surface area (Å²) in [5.41, 5.74) is 5.78. The summed E-state index contributed by atoms with van der Waals surface area (Å²) in [5.74, 6) is 0.190. The van der Waals surface area contributed by atoms with Crippen molar-refractivity contribution in [2.45, 2.75) is 50.5 Å². The second-order valence-electron chi connectivity index (χ2n) is 6.35. The summed E-state index contributed by atoms with van der Waals surface area (Å²) in [5, 5.41) is 3.18. The van der Waals surface area contributed by atoms with E-state index in [1.54, 1.807) is 0 Å². The summed E-state index contributed by atoms with van der Waals surface area (Å²) in [4.78, 5) is 14.7. The van der Waals surface area contributed by atoms with E-state index in [0.29, 0.717) is 6.54 Å². The molecule has 2 aliphatic carbocycles. The van der Waals surface area contributed by atoms with Gasteiger partial charge in [-0.25, -0.2) is 0 Å². The molecule has 0 unspecified atom stereocenters. The summed E-state index contributed by atoms with van der Waals surface area (Å²) < 4.78 is 0. The molecule has 0 atom stereocenters. The van der Waals surface area contributed by atoms with Gasteiger partial charge in [-0.1, -0.05) is 12.8 Å². The summed E-state index contributed by atoms with van der Waals surface area (Å²) in [6.07, 6.45) is 7.86. The van der Waals surface area contributed by atoms with Crippen molar-refractivity contribution < 1.29 is 4.79 Å². The van der Waals surface area contributed by atoms with E-state index >= 15 is 0 Å². The van der Waals surface area contributed by atoms with Crippen molar-refractivity contribution in [2.75, 3.05) is 27.2 Å². The Bertz CT molecular complexity index is 304. The monoisotopic (exact) mass is 253 g/mol. The third kappa shape index (κ3) is 2.28. The van der Waals surface area contributed by atoms with E-state index in [2.05, 4.69) is 24.3 Å². The Hall–Kier alpha value is -0.610. The average Bonchev–Trinajstić information content (AvgIpc) is 2.76. The van der Waals surface area contributed by atoms with Crippen molar-refractivity contribution in [3.8, 4) is 0 Å². The van der Waals surface area contributed by atoms with Crippen molar-refractivity contribution in [2.24, 2.45) is 11.1 Å². The smallest absolute Gasteiger partial charge is 0.227 e. The zero-order valence-corrected chi connectivity index (χ0v) is 11.8. The number of nitrogens with zero attached hydrogens (tertiary/aromatic N) is 1. The predicted octanol–water partition coefficient (Wildman–Crippen LogP) is 1.11. The van der Waals surface area contributed by atoms with E-state index in [9.17, 15) is 4.79 Å². The third-order valence-electron chi connectivity index (χ3n) is 5.24. The molecule has 0 aromatic heterocycles. The van der Waals surface area contributed by atoms with Crippen molar-refractivity contribution in [1.82, 2.24) is 10.2 Å². The first-order valence-corrected chi connectivity index (χ1v) is 7.21. The quantitative estimate of drug-likeness (QED) is 0.771. The second-order valence-corrected chi connectivity index (χ2v) is 6.35. The van der Waals surface area contributed by atoms with Crippen LogP contribution in [0.1, 0.15) is 44.9 Å². The van der Waals surface area contributed by atoms with E-state index < -0.39 is 0 Å². The standard InChI is InChI=1S/C14H27N3O/c1-17(2)14(8-5-9-14)11-16-12(18)13(10-15)6-3-4-7-13/h3-11,15H2,1-2H3,(H,16,18). The Morgan fingerprint density at radius 1 is 1.17 bits per heavy atom. The van der Waals surface area contributed by atoms with Crippen LogP contribution in [0.3, 0.4) is 0 Å². The van der Waals surface area contributed by atoms with Gasteiger partial charge in [-0.15, -0.1) is 0 Å². The van der Waals surface area contributed by atoms with Gasteiger partial charge in [-0.3, -0.25) is 4.79 Å². The van der Waals surface area contributed by atoms with Crippen molar-refractivity contribution >= 4 is 5.91 Å². The summed E-state index contributed by atoms with van der Waals surface area (Å²) in [6.45, 7) is 1.27. The van der Waals surface area contributed by atoms with E-state index in [-0.39, 0.29) is 16.9 Å². The van der Waals surface area contributed by atoms with Crippen LogP contribution in [-0.2, 0) is 4.79 Å². The highest BCUT2D eigenvalue weighted by Gasteiger charge is 2.43. The first-order valence-electron chi connectivity index (χ1n) is 7.21. The minimum Gasteiger partial charge on any atom is -0.354 e. The van der Waals surface area contributed by atoms with Crippen LogP contribution in [0.4, 0.5) is 0 Å². The molecule has 0 bridgehead atoms. The zero-order valence-electron chi connectivity index (χ0n) is 11.8. The number of carbonyl (C=O) groups is 1. The summed E-state index contributed by atoms with van der Waals surface area (Å²) in [7, 11) is 4.22. The van der Waals surface area contributed by atoms with Crippen LogP contribution < -0.4 is 11.1 Å². The van der Waals surface area contributed by atoms with Gasteiger partial charge in [0.1, 0.15) is 0 Å². The molecule has 0 radical (unpaired) electrons. The lowest BCUT2D eigenvalue weighted by atomic mass is 9.75. The van der Waals surface area contributed by atoms with Crippen molar-refractivity contribution in [1.29, 1.82) is 0 Å². The number of carbonyl (C=O) groups excluding carboxylic acids is 1. The Morgan fingerprint density at radius 2 is 1.78 bits per heavy atom. The van der Waals surface area contributed by atoms with Crippen LogP contribution in [0.15, 0.2) is 0 Å². The van der Waals surface area contributed by atoms with Crippen LogP contribution >= 0.6 is 0 Å². The van der Waals surface area contributed by atoms with Gasteiger partial charge in [0, 0.05) is 18.6 Å². The molecular formula is C14H27N3O. The molecule has 0 heterocycles. The molecule has 2 aliphatic rings. The maximum absolute atomic E-state index is 12.4. The molecule has 2 fully saturated rings. The SMILES string of the molecule is CN(C)C1(CNC(=O)C2(CN)CCCC2)CCC1. The maximum Gasteiger partial charge on any atom is 0.227 e. The van der Waals surface area contributed by atoms with Gasteiger partial charge in [0.25, 0.3) is 0 Å². The lowest BCUT2D eigenvalue weighted by Gasteiger charge is -2.47. The van der Waals surface area contributed by atoms with Crippen LogP contribution in [-0.4, -0.2) is 43.5 Å². The van der Waals surface area contributed by atoms with Crippen molar-refractivity contribution in [3.05, 3.63) is 0 Å². The van der Waals surface area contributed by atoms with Gasteiger partial charge in [0.05, 0.1) is 5.41 Å². The first-order chi connectivity index (χ1) is 8.55. The Balaban J connectivity index is 1.91. The topological polar surface area (TPSA) is 58.4 Å². The molecule has 2 saturated carbocycles. The Labute approximate surface area is 110 Å². The molecule has 104 valence electrons. The summed E-state index contributed by atoms with van der Waals surface area (Å²) in [6, 6.07) is 0. The highest BCUT2D eigenvalue weighted by molar-refractivity contribution is 5.83. The Kier molecular flexibility index (Phi) is 3.97. The van der Waals surface area contributed by atoms with Crippen LogP contribution in [0, 0.1) is 5.41 Å². The molecular weight excluding hydrogens is 226 g/mol. The van der Waals surface area contributed by atoms with Gasteiger partial charge >= 0.3 is 0 Å². The molecule has 0 saturated heterocycles. The van der Waals surface area contributed by atoms with Gasteiger partial charge in [-0.2, -0.15) is 0 Å². The molecule has 2 rings (SSSR count). The van der Waals surface area contributed by atoms with Crippen LogP contribution in [0.2, 0.25) is 0 Å². The highest BCUT2D eigenvalue weighted by Crippen LogP contribution is 2.39. The maximum atomic E-state index is 12.4. The van der Waals surface area contributed by atoms with Crippen molar-refractivity contribution in [3.63, 3.8) is 0 Å². The normalized spacial score (nSPS) is 24.9. The number of amides is 1. The van der Waals surface area contributed by atoms with Gasteiger partial charge < -0.3 is 16.0 Å². The van der Waals surface area contributed by atoms with Gasteiger partial charge in [-0.05, 0) is 46.2 Å². The minimum atomic E-state index is -0.267. The average molecular weight is 253 g/mol. The minimum absolute atomic E-state index is 0.190. The zero-order chi connectivity index (χ0) is 13.2. The van der Waals surface area contributed by atoms with Crippen LogP contribution in [0.5, 0.6) is 0 Å². The predicted molar refractivity (Wildman–Crippen MR) is 73.2 cm³/mol.